The second-order valence-corrected chi connectivity index (χ2v) is 9.04. The average molecular weight is 481 g/mol. The van der Waals surface area contributed by atoms with Crippen LogP contribution in [0.2, 0.25) is 0 Å². The van der Waals surface area contributed by atoms with Crippen LogP contribution in [0.15, 0.2) is 98.1 Å². The third-order valence-corrected chi connectivity index (χ3v) is 5.64. The zero-order valence-electron chi connectivity index (χ0n) is 21.4. The van der Waals surface area contributed by atoms with E-state index in [1.165, 1.54) is 0 Å². The summed E-state index contributed by atoms with van der Waals surface area (Å²) >= 11 is 0. The summed E-state index contributed by atoms with van der Waals surface area (Å²) in [6.45, 7) is 23.0. The highest BCUT2D eigenvalue weighted by molar-refractivity contribution is 5.91. The summed E-state index contributed by atoms with van der Waals surface area (Å²) in [6, 6.07) is 19.2. The van der Waals surface area contributed by atoms with Crippen molar-refractivity contribution in [2.75, 3.05) is 0 Å². The van der Waals surface area contributed by atoms with E-state index in [1.54, 1.807) is 26.0 Å². The Morgan fingerprint density at radius 3 is 1.50 bits per heavy atom. The van der Waals surface area contributed by atoms with Crippen LogP contribution < -0.4 is 9.47 Å². The first-order valence-corrected chi connectivity index (χ1v) is 11.6. The third-order valence-electron chi connectivity index (χ3n) is 5.64. The minimum Gasteiger partial charge on any atom is -0.461 e. The summed E-state index contributed by atoms with van der Waals surface area (Å²) in [5, 5.41) is 9.93. The molecule has 0 aliphatic rings. The molecule has 0 heterocycles. The van der Waals surface area contributed by atoms with Crippen LogP contribution in [0, 0.1) is 0 Å². The number of benzene rings is 3. The Morgan fingerprint density at radius 1 is 0.722 bits per heavy atom. The number of carbonyl (C=O) groups excluding carboxylic acids is 1. The van der Waals surface area contributed by atoms with Gasteiger partial charge in [0.1, 0.15) is 11.5 Å². The summed E-state index contributed by atoms with van der Waals surface area (Å²) in [5.74, 6) is 0.555. The van der Waals surface area contributed by atoms with Crippen molar-refractivity contribution in [2.24, 2.45) is 0 Å². The topological polar surface area (TPSA) is 55.8 Å². The standard InChI is InChI=1S/C32H32O4/c1-19(2)27-17-30(24-11-15-26(16-12-24)36-32(34)22(7)8)28(20(3)4)18-29(27)23-9-13-25(14-10-23)35-31(33)21(5)6/h9-18,31,33H,1,3,5,7H2,2,4,6,8H3. The van der Waals surface area contributed by atoms with Crippen molar-refractivity contribution in [1.82, 2.24) is 0 Å². The number of allylic oxidation sites excluding steroid dienone is 2. The monoisotopic (exact) mass is 480 g/mol. The summed E-state index contributed by atoms with van der Waals surface area (Å²) < 4.78 is 10.8. The van der Waals surface area contributed by atoms with Crippen LogP contribution in [-0.2, 0) is 4.79 Å². The predicted octanol–water partition coefficient (Wildman–Crippen LogP) is 7.84. The summed E-state index contributed by atoms with van der Waals surface area (Å²) in [7, 11) is 0. The van der Waals surface area contributed by atoms with E-state index in [2.05, 4.69) is 38.4 Å². The van der Waals surface area contributed by atoms with Crippen LogP contribution in [0.4, 0.5) is 0 Å². The number of rotatable bonds is 9. The lowest BCUT2D eigenvalue weighted by atomic mass is 9.86. The Balaban J connectivity index is 2.04. The second kappa shape index (κ2) is 11.1. The molecule has 4 heteroatoms. The van der Waals surface area contributed by atoms with E-state index in [1.807, 2.05) is 50.2 Å². The van der Waals surface area contributed by atoms with Crippen molar-refractivity contribution in [1.29, 1.82) is 0 Å². The Kier molecular flexibility index (Phi) is 8.13. The lowest BCUT2D eigenvalue weighted by Gasteiger charge is -2.18. The molecule has 0 saturated carbocycles. The number of carbonyl (C=O) groups is 1. The molecule has 1 N–H and O–H groups in total. The van der Waals surface area contributed by atoms with Gasteiger partial charge in [0.25, 0.3) is 0 Å². The van der Waals surface area contributed by atoms with Crippen molar-refractivity contribution in [3.05, 3.63) is 109 Å². The van der Waals surface area contributed by atoms with E-state index in [0.29, 0.717) is 22.6 Å². The van der Waals surface area contributed by atoms with Gasteiger partial charge in [0.2, 0.25) is 6.29 Å². The molecule has 1 unspecified atom stereocenters. The molecule has 0 fully saturated rings. The molecule has 0 aliphatic carbocycles. The van der Waals surface area contributed by atoms with Gasteiger partial charge in [0, 0.05) is 5.57 Å². The molecule has 3 aromatic rings. The Bertz CT molecular complexity index is 1340. The lowest BCUT2D eigenvalue weighted by molar-refractivity contribution is -0.130. The van der Waals surface area contributed by atoms with Gasteiger partial charge in [-0.3, -0.25) is 0 Å². The highest BCUT2D eigenvalue weighted by Crippen LogP contribution is 2.38. The van der Waals surface area contributed by atoms with Crippen LogP contribution in [0.1, 0.15) is 38.8 Å². The molecule has 0 saturated heterocycles. The molecule has 0 radical (unpaired) electrons. The molecule has 0 aliphatic heterocycles. The minimum atomic E-state index is -1.05. The lowest BCUT2D eigenvalue weighted by Crippen LogP contribution is -2.15. The normalized spacial score (nSPS) is 11.4. The average Bonchev–Trinajstić information content (AvgIpc) is 2.84. The molecular formula is C32H32O4. The molecular weight excluding hydrogens is 448 g/mol. The Labute approximate surface area is 213 Å². The number of aliphatic hydroxyl groups is 1. The van der Waals surface area contributed by atoms with Crippen LogP contribution in [-0.4, -0.2) is 17.4 Å². The second-order valence-electron chi connectivity index (χ2n) is 9.04. The molecule has 0 aromatic heterocycles. The molecule has 184 valence electrons. The smallest absolute Gasteiger partial charge is 0.338 e. The molecule has 36 heavy (non-hydrogen) atoms. The van der Waals surface area contributed by atoms with Crippen LogP contribution >= 0.6 is 0 Å². The van der Waals surface area contributed by atoms with Gasteiger partial charge in [-0.05, 0) is 103 Å². The van der Waals surface area contributed by atoms with Gasteiger partial charge >= 0.3 is 5.97 Å². The summed E-state index contributed by atoms with van der Waals surface area (Å²) in [5.41, 5.74) is 8.70. The number of aliphatic hydroxyl groups excluding tert-OH is 1. The van der Waals surface area contributed by atoms with Gasteiger partial charge in [-0.15, -0.1) is 0 Å². The fraction of sp³-hybridized carbons (Fsp3) is 0.156. The molecule has 1 atom stereocenters. The van der Waals surface area contributed by atoms with E-state index in [9.17, 15) is 9.90 Å². The van der Waals surface area contributed by atoms with E-state index in [0.717, 1.165) is 44.5 Å². The SMILES string of the molecule is C=C(C)C(=O)Oc1ccc(-c2cc(C(=C)C)c(-c3ccc(OC(O)C(=C)C)cc3)cc2C(=C)C)cc1. The van der Waals surface area contributed by atoms with Gasteiger partial charge in [-0.2, -0.15) is 0 Å². The Morgan fingerprint density at radius 2 is 1.14 bits per heavy atom. The predicted molar refractivity (Wildman–Crippen MR) is 149 cm³/mol. The molecule has 3 rings (SSSR count). The van der Waals surface area contributed by atoms with Gasteiger partial charge < -0.3 is 14.6 Å². The summed E-state index contributed by atoms with van der Waals surface area (Å²) in [4.78, 5) is 11.8. The molecule has 3 aromatic carbocycles. The van der Waals surface area contributed by atoms with Crippen LogP contribution in [0.5, 0.6) is 11.5 Å². The maximum absolute atomic E-state index is 11.8. The number of hydrogen-bond donors (Lipinski definition) is 1. The van der Waals surface area contributed by atoms with Crippen molar-refractivity contribution >= 4 is 17.1 Å². The first kappa shape index (κ1) is 26.5. The van der Waals surface area contributed by atoms with Crippen molar-refractivity contribution < 1.29 is 19.4 Å². The zero-order chi connectivity index (χ0) is 26.6. The number of ether oxygens (including phenoxy) is 2. The largest absolute Gasteiger partial charge is 0.461 e. The highest BCUT2D eigenvalue weighted by atomic mass is 16.6. The van der Waals surface area contributed by atoms with Crippen LogP contribution in [0.25, 0.3) is 33.4 Å². The highest BCUT2D eigenvalue weighted by Gasteiger charge is 2.15. The zero-order valence-corrected chi connectivity index (χ0v) is 21.4. The first-order chi connectivity index (χ1) is 17.0. The van der Waals surface area contributed by atoms with Gasteiger partial charge in [0.15, 0.2) is 0 Å². The fourth-order valence-electron chi connectivity index (χ4n) is 3.62. The van der Waals surface area contributed by atoms with Gasteiger partial charge in [-0.1, -0.05) is 61.7 Å². The Hall–Kier alpha value is -4.15. The maximum Gasteiger partial charge on any atom is 0.338 e. The number of esters is 1. The van der Waals surface area contributed by atoms with Crippen molar-refractivity contribution in [3.63, 3.8) is 0 Å². The van der Waals surface area contributed by atoms with Crippen molar-refractivity contribution in [3.8, 4) is 33.8 Å². The van der Waals surface area contributed by atoms with Gasteiger partial charge in [0.05, 0.1) is 0 Å². The quantitative estimate of drug-likeness (QED) is 0.111. The number of hydrogen-bond acceptors (Lipinski definition) is 4. The summed E-state index contributed by atoms with van der Waals surface area (Å²) in [6.07, 6.45) is -1.05. The third kappa shape index (κ3) is 6.09. The van der Waals surface area contributed by atoms with Gasteiger partial charge in [-0.25, -0.2) is 4.79 Å². The van der Waals surface area contributed by atoms with E-state index in [4.69, 9.17) is 9.47 Å². The van der Waals surface area contributed by atoms with Crippen LogP contribution in [0.3, 0.4) is 0 Å². The van der Waals surface area contributed by atoms with E-state index < -0.39 is 12.3 Å². The maximum atomic E-state index is 11.8. The van der Waals surface area contributed by atoms with Crippen molar-refractivity contribution in [2.45, 2.75) is 34.0 Å². The molecule has 0 amide bonds. The molecule has 4 nitrogen and oxygen atoms in total. The fourth-order valence-corrected chi connectivity index (χ4v) is 3.62. The molecule has 0 spiro atoms. The molecule has 0 bridgehead atoms. The van der Waals surface area contributed by atoms with E-state index >= 15 is 0 Å². The first-order valence-electron chi connectivity index (χ1n) is 11.6. The minimum absolute atomic E-state index is 0.344. The van der Waals surface area contributed by atoms with E-state index in [-0.39, 0.29) is 0 Å².